The van der Waals surface area contributed by atoms with Crippen LogP contribution in [0.25, 0.3) is 10.9 Å². The van der Waals surface area contributed by atoms with E-state index in [0.717, 1.165) is 11.4 Å². The molecule has 0 aliphatic rings. The lowest BCUT2D eigenvalue weighted by atomic mass is 9.87. The molecule has 9 heteroatoms. The summed E-state index contributed by atoms with van der Waals surface area (Å²) in [4.78, 5) is 13.4. The Morgan fingerprint density at radius 3 is 2.09 bits per heavy atom. The van der Waals surface area contributed by atoms with Crippen molar-refractivity contribution in [2.75, 3.05) is 0 Å². The molecule has 0 saturated heterocycles. The van der Waals surface area contributed by atoms with E-state index in [2.05, 4.69) is 4.98 Å². The molecule has 1 aromatic carbocycles. The summed E-state index contributed by atoms with van der Waals surface area (Å²) in [5, 5.41) is 0.787. The lowest BCUT2D eigenvalue weighted by Gasteiger charge is -2.37. The van der Waals surface area contributed by atoms with E-state index < -0.39 is 29.4 Å². The van der Waals surface area contributed by atoms with Gasteiger partial charge in [0.2, 0.25) is 5.91 Å². The first kappa shape index (κ1) is 16.2. The molecule has 0 spiro atoms. The van der Waals surface area contributed by atoms with Crippen molar-refractivity contribution in [1.29, 1.82) is 0 Å². The van der Waals surface area contributed by atoms with Gasteiger partial charge in [-0.15, -0.1) is 0 Å². The zero-order chi connectivity index (χ0) is 16.8. The number of amides is 1. The molecule has 0 bridgehead atoms. The molecule has 0 fully saturated rings. The maximum absolute atomic E-state index is 13.4. The quantitative estimate of drug-likeness (QED) is 0.814. The molecule has 120 valence electrons. The number of hydrogen-bond donors (Lipinski definition) is 2. The molecule has 0 aliphatic heterocycles. The van der Waals surface area contributed by atoms with Crippen molar-refractivity contribution in [2.45, 2.75) is 24.8 Å². The van der Waals surface area contributed by atoms with E-state index in [1.165, 1.54) is 18.2 Å². The number of nitrogens with one attached hydrogen (secondary N) is 2. The normalized spacial score (nSPS) is 13.4. The van der Waals surface area contributed by atoms with Crippen molar-refractivity contribution < 1.29 is 31.1 Å². The average molecular weight is 324 g/mol. The SMILES string of the molecule is CC(=O)NC(c1c[nH]c2ccccc12)(C(F)(F)F)C(F)(F)F. The van der Waals surface area contributed by atoms with E-state index in [-0.39, 0.29) is 10.9 Å². The van der Waals surface area contributed by atoms with Gasteiger partial charge in [0.15, 0.2) is 0 Å². The molecule has 1 amide bonds. The number of hydrogen-bond acceptors (Lipinski definition) is 1. The Hall–Kier alpha value is -2.19. The summed E-state index contributed by atoms with van der Waals surface area (Å²) in [6.45, 7) is 0.598. The highest BCUT2D eigenvalue weighted by atomic mass is 19.4. The van der Waals surface area contributed by atoms with Crippen molar-refractivity contribution in [3.63, 3.8) is 0 Å². The average Bonchev–Trinajstić information content (AvgIpc) is 2.76. The summed E-state index contributed by atoms with van der Waals surface area (Å²) in [5.41, 5.74) is -5.48. The van der Waals surface area contributed by atoms with Gasteiger partial charge in [0.25, 0.3) is 5.54 Å². The smallest absolute Gasteiger partial charge is 0.361 e. The van der Waals surface area contributed by atoms with Crippen molar-refractivity contribution in [3.05, 3.63) is 36.0 Å². The molecular formula is C13H10F6N2O. The van der Waals surface area contributed by atoms with Gasteiger partial charge in [-0.3, -0.25) is 4.79 Å². The summed E-state index contributed by atoms with van der Waals surface area (Å²) in [7, 11) is 0. The Kier molecular flexibility index (Phi) is 3.62. The molecule has 0 saturated carbocycles. The summed E-state index contributed by atoms with van der Waals surface area (Å²) >= 11 is 0. The minimum absolute atomic E-state index is 0.0979. The van der Waals surface area contributed by atoms with Crippen LogP contribution in [0.2, 0.25) is 0 Å². The molecule has 1 aromatic heterocycles. The number of aromatic nitrogens is 1. The molecule has 3 nitrogen and oxygen atoms in total. The van der Waals surface area contributed by atoms with Gasteiger partial charge >= 0.3 is 12.4 Å². The Morgan fingerprint density at radius 1 is 1.05 bits per heavy atom. The Bertz CT molecular complexity index is 686. The van der Waals surface area contributed by atoms with Gasteiger partial charge in [0.1, 0.15) is 0 Å². The van der Waals surface area contributed by atoms with Gasteiger partial charge in [-0.1, -0.05) is 18.2 Å². The zero-order valence-corrected chi connectivity index (χ0v) is 11.1. The fraction of sp³-hybridized carbons (Fsp3) is 0.308. The molecule has 2 aromatic rings. The summed E-state index contributed by atoms with van der Waals surface area (Å²) in [6, 6.07) is 5.23. The van der Waals surface area contributed by atoms with Gasteiger partial charge in [-0.2, -0.15) is 26.3 Å². The van der Waals surface area contributed by atoms with Crippen molar-refractivity contribution >= 4 is 16.8 Å². The number of H-pyrrole nitrogens is 1. The fourth-order valence-corrected chi connectivity index (χ4v) is 2.32. The van der Waals surface area contributed by atoms with Crippen molar-refractivity contribution in [3.8, 4) is 0 Å². The third kappa shape index (κ3) is 2.30. The monoisotopic (exact) mass is 324 g/mol. The number of carbonyl (C=O) groups is 1. The van der Waals surface area contributed by atoms with Gasteiger partial charge < -0.3 is 10.3 Å². The van der Waals surface area contributed by atoms with Crippen LogP contribution in [0.4, 0.5) is 26.3 Å². The summed E-state index contributed by atoms with van der Waals surface area (Å²) in [5.74, 6) is -1.44. The van der Waals surface area contributed by atoms with E-state index in [1.54, 1.807) is 0 Å². The molecule has 1 heterocycles. The second-order valence-corrected chi connectivity index (χ2v) is 4.67. The van der Waals surface area contributed by atoms with Crippen LogP contribution in [-0.2, 0) is 10.3 Å². The predicted molar refractivity (Wildman–Crippen MR) is 65.9 cm³/mol. The van der Waals surface area contributed by atoms with E-state index >= 15 is 0 Å². The lowest BCUT2D eigenvalue weighted by molar-refractivity contribution is -0.311. The van der Waals surface area contributed by atoms with Gasteiger partial charge in [-0.05, 0) is 6.07 Å². The fourth-order valence-electron chi connectivity index (χ4n) is 2.32. The zero-order valence-electron chi connectivity index (χ0n) is 11.1. The van der Waals surface area contributed by atoms with Crippen LogP contribution in [0.3, 0.4) is 0 Å². The highest BCUT2D eigenvalue weighted by Crippen LogP contribution is 2.51. The van der Waals surface area contributed by atoms with Crippen LogP contribution in [0, 0.1) is 0 Å². The first-order chi connectivity index (χ1) is 10.0. The first-order valence-electron chi connectivity index (χ1n) is 5.99. The Labute approximate surface area is 120 Å². The van der Waals surface area contributed by atoms with E-state index in [4.69, 9.17) is 0 Å². The minimum Gasteiger partial charge on any atom is -0.361 e. The van der Waals surface area contributed by atoms with E-state index in [1.807, 2.05) is 0 Å². The summed E-state index contributed by atoms with van der Waals surface area (Å²) in [6.07, 6.45) is -10.9. The molecule has 0 radical (unpaired) electrons. The van der Waals surface area contributed by atoms with Gasteiger partial charge in [0, 0.05) is 29.6 Å². The highest BCUT2D eigenvalue weighted by Gasteiger charge is 2.73. The van der Waals surface area contributed by atoms with Crippen LogP contribution in [0.1, 0.15) is 12.5 Å². The van der Waals surface area contributed by atoms with Crippen LogP contribution >= 0.6 is 0 Å². The third-order valence-corrected chi connectivity index (χ3v) is 3.21. The third-order valence-electron chi connectivity index (χ3n) is 3.21. The maximum Gasteiger partial charge on any atom is 0.424 e. The minimum atomic E-state index is -5.78. The number of aromatic amines is 1. The largest absolute Gasteiger partial charge is 0.424 e. The molecule has 0 aliphatic carbocycles. The van der Waals surface area contributed by atoms with Crippen LogP contribution in [0.5, 0.6) is 0 Å². The van der Waals surface area contributed by atoms with E-state index in [0.29, 0.717) is 13.1 Å². The lowest BCUT2D eigenvalue weighted by Crippen LogP contribution is -2.64. The topological polar surface area (TPSA) is 44.9 Å². The number of benzene rings is 1. The van der Waals surface area contributed by atoms with Gasteiger partial charge in [-0.25, -0.2) is 0 Å². The van der Waals surface area contributed by atoms with Crippen molar-refractivity contribution in [1.82, 2.24) is 10.3 Å². The molecule has 2 N–H and O–H groups in total. The number of para-hydroxylation sites is 1. The molecular weight excluding hydrogens is 314 g/mol. The first-order valence-corrected chi connectivity index (χ1v) is 5.99. The Morgan fingerprint density at radius 2 is 1.59 bits per heavy atom. The molecule has 22 heavy (non-hydrogen) atoms. The van der Waals surface area contributed by atoms with Crippen LogP contribution in [0.15, 0.2) is 30.5 Å². The molecule has 2 rings (SSSR count). The van der Waals surface area contributed by atoms with E-state index in [9.17, 15) is 31.1 Å². The second-order valence-electron chi connectivity index (χ2n) is 4.67. The molecule has 0 unspecified atom stereocenters. The highest BCUT2D eigenvalue weighted by molar-refractivity contribution is 5.86. The second kappa shape index (κ2) is 4.92. The number of fused-ring (bicyclic) bond motifs is 1. The summed E-state index contributed by atoms with van der Waals surface area (Å²) < 4.78 is 80.2. The van der Waals surface area contributed by atoms with Gasteiger partial charge in [0.05, 0.1) is 0 Å². The molecule has 0 atom stereocenters. The Balaban J connectivity index is 2.85. The van der Waals surface area contributed by atoms with Crippen LogP contribution < -0.4 is 5.32 Å². The number of carbonyl (C=O) groups excluding carboxylic acids is 1. The standard InChI is InChI=1S/C13H10F6N2O/c1-7(22)21-11(12(14,15)16,13(17,18)19)9-6-20-10-5-3-2-4-8(9)10/h2-6,20H,1H3,(H,21,22). The van der Waals surface area contributed by atoms with Crippen LogP contribution in [-0.4, -0.2) is 23.2 Å². The van der Waals surface area contributed by atoms with Crippen molar-refractivity contribution in [2.24, 2.45) is 0 Å². The number of alkyl halides is 6. The number of rotatable bonds is 2. The number of halogens is 6. The predicted octanol–water partition coefficient (Wildman–Crippen LogP) is 3.62. The maximum atomic E-state index is 13.4.